The minimum absolute atomic E-state index is 0.0937. The summed E-state index contributed by atoms with van der Waals surface area (Å²) in [5.74, 6) is 0.415. The van der Waals surface area contributed by atoms with Crippen molar-refractivity contribution < 1.29 is 27.9 Å². The van der Waals surface area contributed by atoms with E-state index in [0.29, 0.717) is 27.6 Å². The van der Waals surface area contributed by atoms with Crippen molar-refractivity contribution in [2.75, 3.05) is 14.2 Å². The Bertz CT molecular complexity index is 1350. The van der Waals surface area contributed by atoms with E-state index >= 15 is 0 Å². The van der Waals surface area contributed by atoms with Crippen LogP contribution < -0.4 is 9.47 Å². The predicted molar refractivity (Wildman–Crippen MR) is 128 cm³/mol. The molecule has 0 saturated heterocycles. The second kappa shape index (κ2) is 10.8. The molecule has 1 heterocycles. The van der Waals surface area contributed by atoms with Crippen molar-refractivity contribution in [1.29, 1.82) is 0 Å². The summed E-state index contributed by atoms with van der Waals surface area (Å²) in [4.78, 5) is 17.3. The van der Waals surface area contributed by atoms with Gasteiger partial charge in [0.25, 0.3) is 5.89 Å². The van der Waals surface area contributed by atoms with Crippen LogP contribution in [0.2, 0.25) is 5.02 Å². The maximum absolute atomic E-state index is 13.4. The Balaban J connectivity index is 1.54. The molecule has 0 fully saturated rings. The minimum atomic E-state index is -0.645. The molecule has 4 aromatic rings. The van der Waals surface area contributed by atoms with Crippen molar-refractivity contribution in [2.24, 2.45) is 0 Å². The fraction of sp³-hybridized carbons (Fsp3) is 0.115. The SMILES string of the molecule is COc1ccc(-c2noc(COC(=O)/C(=C/c3ccc(Cl)cc3)c3ccc(F)cc3)n2)c(OC)c1. The largest absolute Gasteiger partial charge is 0.497 e. The first-order chi connectivity index (χ1) is 17.0. The number of nitrogens with zero attached hydrogens (tertiary/aromatic N) is 2. The number of aromatic nitrogens is 2. The van der Waals surface area contributed by atoms with Crippen molar-refractivity contribution >= 4 is 29.2 Å². The van der Waals surface area contributed by atoms with Gasteiger partial charge >= 0.3 is 5.97 Å². The van der Waals surface area contributed by atoms with Gasteiger partial charge in [-0.15, -0.1) is 0 Å². The van der Waals surface area contributed by atoms with Crippen LogP contribution in [-0.4, -0.2) is 30.3 Å². The minimum Gasteiger partial charge on any atom is -0.497 e. The molecule has 0 spiro atoms. The molecule has 0 aliphatic rings. The average Bonchev–Trinajstić information content (AvgIpc) is 3.36. The number of halogens is 2. The summed E-state index contributed by atoms with van der Waals surface area (Å²) in [6.45, 7) is -0.260. The van der Waals surface area contributed by atoms with Crippen molar-refractivity contribution in [2.45, 2.75) is 6.61 Å². The first-order valence-electron chi connectivity index (χ1n) is 10.4. The molecule has 178 valence electrons. The molecular formula is C26H20ClFN2O5. The van der Waals surface area contributed by atoms with Crippen LogP contribution in [0.15, 0.2) is 71.3 Å². The lowest BCUT2D eigenvalue weighted by Crippen LogP contribution is -2.08. The van der Waals surface area contributed by atoms with Crippen molar-refractivity contribution in [3.05, 3.63) is 94.6 Å². The lowest BCUT2D eigenvalue weighted by Gasteiger charge is -2.08. The van der Waals surface area contributed by atoms with E-state index in [0.717, 1.165) is 5.56 Å². The summed E-state index contributed by atoms with van der Waals surface area (Å²) >= 11 is 5.95. The van der Waals surface area contributed by atoms with E-state index in [9.17, 15) is 9.18 Å². The van der Waals surface area contributed by atoms with Gasteiger partial charge in [-0.1, -0.05) is 41.0 Å². The molecule has 0 N–H and O–H groups in total. The molecule has 0 atom stereocenters. The second-order valence-electron chi connectivity index (χ2n) is 7.27. The maximum atomic E-state index is 13.4. The van der Waals surface area contributed by atoms with Gasteiger partial charge in [0.1, 0.15) is 17.3 Å². The van der Waals surface area contributed by atoms with Crippen LogP contribution in [0.5, 0.6) is 11.5 Å². The number of rotatable bonds is 8. The molecule has 35 heavy (non-hydrogen) atoms. The highest BCUT2D eigenvalue weighted by Crippen LogP contribution is 2.31. The summed E-state index contributed by atoms with van der Waals surface area (Å²) in [5.41, 5.74) is 2.02. The first-order valence-corrected chi connectivity index (χ1v) is 10.8. The Kier molecular flexibility index (Phi) is 7.42. The number of ether oxygens (including phenoxy) is 3. The molecule has 0 bridgehead atoms. The van der Waals surface area contributed by atoms with Gasteiger partial charge in [-0.2, -0.15) is 4.98 Å². The normalized spacial score (nSPS) is 11.3. The number of benzene rings is 3. The van der Waals surface area contributed by atoms with Gasteiger partial charge in [0.15, 0.2) is 6.61 Å². The molecule has 3 aromatic carbocycles. The standard InChI is InChI=1S/C26H20ClFN2O5/c1-32-20-11-12-21(23(14-20)33-2)25-29-24(35-30-25)15-34-26(31)22(17-5-9-19(28)10-6-17)13-16-3-7-18(27)8-4-16/h3-14H,15H2,1-2H3/b22-13+. The van der Waals surface area contributed by atoms with Gasteiger partial charge < -0.3 is 18.7 Å². The molecule has 0 radical (unpaired) electrons. The van der Waals surface area contributed by atoms with Crippen molar-refractivity contribution in [3.63, 3.8) is 0 Å². The zero-order valence-electron chi connectivity index (χ0n) is 18.8. The van der Waals surface area contributed by atoms with Gasteiger partial charge in [-0.3, -0.25) is 0 Å². The first kappa shape index (κ1) is 24.0. The van der Waals surface area contributed by atoms with Gasteiger partial charge in [-0.05, 0) is 53.6 Å². The maximum Gasteiger partial charge on any atom is 0.339 e. The Hall–Kier alpha value is -4.17. The highest BCUT2D eigenvalue weighted by Gasteiger charge is 2.18. The van der Waals surface area contributed by atoms with Crippen molar-refractivity contribution in [3.8, 4) is 22.9 Å². The van der Waals surface area contributed by atoms with E-state index in [1.54, 1.807) is 55.7 Å². The smallest absolute Gasteiger partial charge is 0.339 e. The third-order valence-electron chi connectivity index (χ3n) is 5.00. The zero-order chi connectivity index (χ0) is 24.8. The Morgan fingerprint density at radius 1 is 1.03 bits per heavy atom. The van der Waals surface area contributed by atoms with Crippen LogP contribution in [0, 0.1) is 5.82 Å². The summed E-state index contributed by atoms with van der Waals surface area (Å²) in [6.07, 6.45) is 1.63. The van der Waals surface area contributed by atoms with E-state index in [2.05, 4.69) is 10.1 Å². The molecule has 0 aliphatic carbocycles. The number of carbonyl (C=O) groups is 1. The topological polar surface area (TPSA) is 83.7 Å². The summed E-state index contributed by atoms with van der Waals surface area (Å²) in [7, 11) is 3.07. The lowest BCUT2D eigenvalue weighted by molar-refractivity contribution is -0.138. The molecule has 0 unspecified atom stereocenters. The van der Waals surface area contributed by atoms with E-state index in [-0.39, 0.29) is 23.9 Å². The number of esters is 1. The summed E-state index contributed by atoms with van der Waals surface area (Å²) in [5, 5.41) is 4.51. The van der Waals surface area contributed by atoms with Crippen LogP contribution in [-0.2, 0) is 16.1 Å². The molecule has 1 aromatic heterocycles. The van der Waals surface area contributed by atoms with Crippen LogP contribution in [0.3, 0.4) is 0 Å². The van der Waals surface area contributed by atoms with Gasteiger partial charge in [0.05, 0.1) is 25.4 Å². The average molecular weight is 495 g/mol. The molecule has 0 amide bonds. The Morgan fingerprint density at radius 3 is 2.46 bits per heavy atom. The number of methoxy groups -OCH3 is 2. The Morgan fingerprint density at radius 2 is 1.77 bits per heavy atom. The third kappa shape index (κ3) is 5.85. The van der Waals surface area contributed by atoms with Crippen LogP contribution in [0.25, 0.3) is 23.0 Å². The zero-order valence-corrected chi connectivity index (χ0v) is 19.6. The second-order valence-corrected chi connectivity index (χ2v) is 7.71. The molecule has 7 nitrogen and oxygen atoms in total. The molecule has 0 aliphatic heterocycles. The van der Waals surface area contributed by atoms with E-state index < -0.39 is 11.8 Å². The van der Waals surface area contributed by atoms with Crippen LogP contribution in [0.4, 0.5) is 4.39 Å². The highest BCUT2D eigenvalue weighted by atomic mass is 35.5. The monoisotopic (exact) mass is 494 g/mol. The fourth-order valence-electron chi connectivity index (χ4n) is 3.23. The quantitative estimate of drug-likeness (QED) is 0.173. The van der Waals surface area contributed by atoms with E-state index in [1.807, 2.05) is 0 Å². The highest BCUT2D eigenvalue weighted by molar-refractivity contribution is 6.30. The summed E-state index contributed by atoms with van der Waals surface area (Å²) < 4.78 is 34.7. The number of hydrogen-bond donors (Lipinski definition) is 0. The van der Waals surface area contributed by atoms with Gasteiger partial charge in [0, 0.05) is 11.1 Å². The lowest BCUT2D eigenvalue weighted by atomic mass is 10.0. The molecule has 9 heteroatoms. The van der Waals surface area contributed by atoms with Crippen LogP contribution >= 0.6 is 11.6 Å². The van der Waals surface area contributed by atoms with E-state index in [1.165, 1.54) is 31.4 Å². The predicted octanol–water partition coefficient (Wildman–Crippen LogP) is 5.83. The fourth-order valence-corrected chi connectivity index (χ4v) is 3.35. The molecule has 0 saturated carbocycles. The summed E-state index contributed by atoms with van der Waals surface area (Å²) in [6, 6.07) is 17.6. The number of hydrogen-bond acceptors (Lipinski definition) is 7. The van der Waals surface area contributed by atoms with E-state index in [4.69, 9.17) is 30.3 Å². The van der Waals surface area contributed by atoms with Crippen molar-refractivity contribution in [1.82, 2.24) is 10.1 Å². The van der Waals surface area contributed by atoms with Gasteiger partial charge in [-0.25, -0.2) is 9.18 Å². The van der Waals surface area contributed by atoms with Crippen LogP contribution in [0.1, 0.15) is 17.0 Å². The Labute approximate surface area is 205 Å². The third-order valence-corrected chi connectivity index (χ3v) is 5.25. The molecular weight excluding hydrogens is 475 g/mol. The van der Waals surface area contributed by atoms with Gasteiger partial charge in [0.2, 0.25) is 5.82 Å². The molecule has 4 rings (SSSR count). The number of carbonyl (C=O) groups excluding carboxylic acids is 1.